The maximum atomic E-state index is 12.1. The summed E-state index contributed by atoms with van der Waals surface area (Å²) in [6.45, 7) is 1.93. The van der Waals surface area contributed by atoms with Crippen LogP contribution in [0, 0.1) is 0 Å². The van der Waals surface area contributed by atoms with Gasteiger partial charge in [0.05, 0.1) is 6.61 Å². The predicted molar refractivity (Wildman–Crippen MR) is 104 cm³/mol. The summed E-state index contributed by atoms with van der Waals surface area (Å²) in [5.74, 6) is 0.0713. The summed E-state index contributed by atoms with van der Waals surface area (Å²) in [7, 11) is 0. The summed E-state index contributed by atoms with van der Waals surface area (Å²) in [6, 6.07) is 13.5. The number of aromatic nitrogens is 2. The highest BCUT2D eigenvalue weighted by molar-refractivity contribution is 6.30. The summed E-state index contributed by atoms with van der Waals surface area (Å²) in [4.78, 5) is 23.9. The summed E-state index contributed by atoms with van der Waals surface area (Å²) in [5.41, 5.74) is 1.10. The summed E-state index contributed by atoms with van der Waals surface area (Å²) >= 11 is 5.84. The highest BCUT2D eigenvalue weighted by Gasteiger charge is 2.13. The van der Waals surface area contributed by atoms with Crippen LogP contribution >= 0.6 is 11.6 Å². The molecule has 3 aromatic rings. The Morgan fingerprint density at radius 2 is 1.79 bits per heavy atom. The van der Waals surface area contributed by atoms with Gasteiger partial charge in [-0.15, -0.1) is 10.2 Å². The molecular weight excluding hydrogens is 398 g/mol. The van der Waals surface area contributed by atoms with Crippen LogP contribution in [0.2, 0.25) is 5.02 Å². The van der Waals surface area contributed by atoms with Gasteiger partial charge in [0.15, 0.2) is 6.61 Å². The molecule has 0 fully saturated rings. The average Bonchev–Trinajstić information content (AvgIpc) is 3.21. The Morgan fingerprint density at radius 3 is 2.48 bits per heavy atom. The third-order valence-electron chi connectivity index (χ3n) is 3.74. The van der Waals surface area contributed by atoms with Gasteiger partial charge in [-0.05, 0) is 55.5 Å². The van der Waals surface area contributed by atoms with Crippen molar-refractivity contribution in [3.63, 3.8) is 0 Å². The van der Waals surface area contributed by atoms with E-state index in [-0.39, 0.29) is 24.9 Å². The zero-order valence-electron chi connectivity index (χ0n) is 15.6. The Morgan fingerprint density at radius 1 is 1.07 bits per heavy atom. The topological polar surface area (TPSA) is 104 Å². The Hall–Kier alpha value is -3.39. The number of benzene rings is 2. The number of hydrogen-bond donors (Lipinski definition) is 1. The standard InChI is InChI=1S/C20H18ClN3O5/c1-2-27-16-9-5-13(6-10-16)19(26)22-11-18(25)28-12-17-23-24-20(29-17)14-3-7-15(21)8-4-14/h3-10H,2,11-12H2,1H3,(H,22,26). The summed E-state index contributed by atoms with van der Waals surface area (Å²) in [5, 5.41) is 10.8. The van der Waals surface area contributed by atoms with Crippen LogP contribution in [0.1, 0.15) is 23.2 Å². The molecule has 3 rings (SSSR count). The fraction of sp³-hybridized carbons (Fsp3) is 0.200. The number of nitrogens with one attached hydrogen (secondary N) is 1. The lowest BCUT2D eigenvalue weighted by molar-refractivity contribution is -0.144. The van der Waals surface area contributed by atoms with E-state index < -0.39 is 11.9 Å². The summed E-state index contributed by atoms with van der Waals surface area (Å²) < 4.78 is 15.8. The molecule has 29 heavy (non-hydrogen) atoms. The van der Waals surface area contributed by atoms with Gasteiger partial charge in [-0.25, -0.2) is 0 Å². The van der Waals surface area contributed by atoms with E-state index in [2.05, 4.69) is 15.5 Å². The zero-order valence-corrected chi connectivity index (χ0v) is 16.3. The van der Waals surface area contributed by atoms with E-state index in [9.17, 15) is 9.59 Å². The number of ether oxygens (including phenoxy) is 2. The van der Waals surface area contributed by atoms with E-state index >= 15 is 0 Å². The van der Waals surface area contributed by atoms with Crippen LogP contribution in [-0.2, 0) is 16.1 Å². The lowest BCUT2D eigenvalue weighted by atomic mass is 10.2. The average molecular weight is 416 g/mol. The van der Waals surface area contributed by atoms with Crippen molar-refractivity contribution in [1.29, 1.82) is 0 Å². The number of esters is 1. The van der Waals surface area contributed by atoms with Gasteiger partial charge < -0.3 is 19.2 Å². The predicted octanol–water partition coefficient (Wildman–Crippen LogP) is 3.26. The highest BCUT2D eigenvalue weighted by atomic mass is 35.5. The van der Waals surface area contributed by atoms with Gasteiger partial charge in [0.2, 0.25) is 5.89 Å². The second kappa shape index (κ2) is 9.70. The lowest BCUT2D eigenvalue weighted by Gasteiger charge is -2.06. The van der Waals surface area contributed by atoms with Crippen molar-refractivity contribution >= 4 is 23.5 Å². The van der Waals surface area contributed by atoms with Crippen LogP contribution in [0.3, 0.4) is 0 Å². The summed E-state index contributed by atoms with van der Waals surface area (Å²) in [6.07, 6.45) is 0. The molecule has 0 saturated heterocycles. The van der Waals surface area contributed by atoms with Gasteiger partial charge in [-0.3, -0.25) is 9.59 Å². The second-order valence-electron chi connectivity index (χ2n) is 5.81. The van der Waals surface area contributed by atoms with Crippen molar-refractivity contribution < 1.29 is 23.5 Å². The van der Waals surface area contributed by atoms with Gasteiger partial charge in [0, 0.05) is 16.1 Å². The largest absolute Gasteiger partial charge is 0.494 e. The fourth-order valence-electron chi connectivity index (χ4n) is 2.34. The van der Waals surface area contributed by atoms with Gasteiger partial charge in [-0.1, -0.05) is 11.6 Å². The molecule has 8 nitrogen and oxygen atoms in total. The maximum Gasteiger partial charge on any atom is 0.325 e. The van der Waals surface area contributed by atoms with Crippen molar-refractivity contribution in [3.8, 4) is 17.2 Å². The first-order chi connectivity index (χ1) is 14.0. The second-order valence-corrected chi connectivity index (χ2v) is 6.25. The fourth-order valence-corrected chi connectivity index (χ4v) is 2.46. The molecule has 0 atom stereocenters. The molecule has 1 heterocycles. The molecule has 1 amide bonds. The van der Waals surface area contributed by atoms with E-state index in [1.807, 2.05) is 6.92 Å². The molecule has 2 aromatic carbocycles. The van der Waals surface area contributed by atoms with E-state index in [0.717, 1.165) is 0 Å². The smallest absolute Gasteiger partial charge is 0.325 e. The number of halogens is 1. The third kappa shape index (κ3) is 5.79. The quantitative estimate of drug-likeness (QED) is 0.563. The van der Waals surface area contributed by atoms with E-state index in [4.69, 9.17) is 25.5 Å². The van der Waals surface area contributed by atoms with E-state index in [0.29, 0.717) is 28.5 Å². The number of rotatable bonds is 8. The Bertz CT molecular complexity index is 971. The molecule has 9 heteroatoms. The molecule has 0 aliphatic rings. The molecule has 0 bridgehead atoms. The maximum absolute atomic E-state index is 12.1. The van der Waals surface area contributed by atoms with E-state index in [1.165, 1.54) is 0 Å². The first-order valence-electron chi connectivity index (χ1n) is 8.80. The zero-order chi connectivity index (χ0) is 20.6. The SMILES string of the molecule is CCOc1ccc(C(=O)NCC(=O)OCc2nnc(-c3ccc(Cl)cc3)o2)cc1. The molecule has 0 aliphatic heterocycles. The minimum Gasteiger partial charge on any atom is -0.494 e. The number of carbonyl (C=O) groups excluding carboxylic acids is 2. The molecule has 1 N–H and O–H groups in total. The number of amides is 1. The van der Waals surface area contributed by atoms with Gasteiger partial charge >= 0.3 is 5.97 Å². The molecule has 150 valence electrons. The van der Waals surface area contributed by atoms with Gasteiger partial charge in [0.1, 0.15) is 12.3 Å². The van der Waals surface area contributed by atoms with Gasteiger partial charge in [-0.2, -0.15) is 0 Å². The van der Waals surface area contributed by atoms with Gasteiger partial charge in [0.25, 0.3) is 11.8 Å². The molecule has 0 aliphatic carbocycles. The molecular formula is C20H18ClN3O5. The Balaban J connectivity index is 1.45. The minimum atomic E-state index is -0.629. The molecule has 0 unspecified atom stereocenters. The van der Waals surface area contributed by atoms with Crippen LogP contribution in [-0.4, -0.2) is 35.2 Å². The van der Waals surface area contributed by atoms with Crippen molar-refractivity contribution in [2.45, 2.75) is 13.5 Å². The third-order valence-corrected chi connectivity index (χ3v) is 3.99. The Labute approximate surface area is 171 Å². The molecule has 1 aromatic heterocycles. The van der Waals surface area contributed by atoms with Crippen LogP contribution in [0.5, 0.6) is 5.75 Å². The van der Waals surface area contributed by atoms with Crippen LogP contribution in [0.15, 0.2) is 52.9 Å². The first-order valence-corrected chi connectivity index (χ1v) is 9.18. The van der Waals surface area contributed by atoms with Crippen LogP contribution in [0.25, 0.3) is 11.5 Å². The van der Waals surface area contributed by atoms with Crippen molar-refractivity contribution in [2.75, 3.05) is 13.2 Å². The number of hydrogen-bond acceptors (Lipinski definition) is 7. The highest BCUT2D eigenvalue weighted by Crippen LogP contribution is 2.20. The number of carbonyl (C=O) groups is 2. The monoisotopic (exact) mass is 415 g/mol. The number of nitrogens with zero attached hydrogens (tertiary/aromatic N) is 2. The van der Waals surface area contributed by atoms with Crippen molar-refractivity contribution in [2.24, 2.45) is 0 Å². The van der Waals surface area contributed by atoms with E-state index in [1.54, 1.807) is 48.5 Å². The van der Waals surface area contributed by atoms with Crippen molar-refractivity contribution in [1.82, 2.24) is 15.5 Å². The Kier molecular flexibility index (Phi) is 6.80. The normalized spacial score (nSPS) is 10.4. The molecule has 0 spiro atoms. The first kappa shape index (κ1) is 20.3. The molecule has 0 radical (unpaired) electrons. The molecule has 0 saturated carbocycles. The van der Waals surface area contributed by atoms with Crippen LogP contribution < -0.4 is 10.1 Å². The van der Waals surface area contributed by atoms with Crippen LogP contribution in [0.4, 0.5) is 0 Å². The minimum absolute atomic E-state index is 0.140. The lowest BCUT2D eigenvalue weighted by Crippen LogP contribution is -2.30. The van der Waals surface area contributed by atoms with Crippen molar-refractivity contribution in [3.05, 3.63) is 65.0 Å².